The number of hydrogen-bond donors (Lipinski definition) is 0. The summed E-state index contributed by atoms with van der Waals surface area (Å²) in [5, 5.41) is 10.8. The number of carbonyl (C=O) groups excluding carboxylic acids is 1. The second-order valence-electron chi connectivity index (χ2n) is 7.67. The highest BCUT2D eigenvalue weighted by molar-refractivity contribution is 7.99. The van der Waals surface area contributed by atoms with Crippen LogP contribution in [0.15, 0.2) is 35.5 Å². The number of hydrogen-bond acceptors (Lipinski definition) is 6. The van der Waals surface area contributed by atoms with Crippen LogP contribution in [0.25, 0.3) is 15.9 Å². The molecule has 6 nitrogen and oxygen atoms in total. The van der Waals surface area contributed by atoms with Gasteiger partial charge in [0.25, 0.3) is 0 Å². The van der Waals surface area contributed by atoms with Crippen LogP contribution in [0.1, 0.15) is 34.7 Å². The van der Waals surface area contributed by atoms with Crippen LogP contribution in [-0.4, -0.2) is 49.2 Å². The predicted molar refractivity (Wildman–Crippen MR) is 121 cm³/mol. The van der Waals surface area contributed by atoms with Gasteiger partial charge in [0.05, 0.1) is 11.1 Å². The molecule has 0 radical (unpaired) electrons. The summed E-state index contributed by atoms with van der Waals surface area (Å²) in [6.07, 6.45) is 2.89. The third kappa shape index (κ3) is 3.48. The maximum Gasteiger partial charge on any atom is 0.233 e. The quantitative estimate of drug-likeness (QED) is 0.437. The molecule has 0 unspecified atom stereocenters. The Hall–Kier alpha value is -2.45. The maximum absolute atomic E-state index is 12.6. The van der Waals surface area contributed by atoms with Crippen LogP contribution in [0.3, 0.4) is 0 Å². The molecule has 0 atom stereocenters. The van der Waals surface area contributed by atoms with E-state index in [4.69, 9.17) is 4.98 Å². The van der Waals surface area contributed by atoms with Crippen molar-refractivity contribution in [1.82, 2.24) is 24.5 Å². The van der Waals surface area contributed by atoms with Gasteiger partial charge in [0, 0.05) is 24.4 Å². The van der Waals surface area contributed by atoms with Crippen LogP contribution in [-0.2, 0) is 11.2 Å². The molecule has 0 aliphatic carbocycles. The lowest BCUT2D eigenvalue weighted by molar-refractivity contribution is -0.127. The lowest BCUT2D eigenvalue weighted by Crippen LogP contribution is -2.29. The molecule has 5 rings (SSSR count). The number of carbonyl (C=O) groups is 1. The molecule has 1 aliphatic rings. The van der Waals surface area contributed by atoms with Crippen molar-refractivity contribution < 1.29 is 4.79 Å². The van der Waals surface area contributed by atoms with Crippen molar-refractivity contribution in [2.24, 2.45) is 0 Å². The van der Waals surface area contributed by atoms with Gasteiger partial charge in [-0.05, 0) is 37.8 Å². The standard InChI is InChI=1S/C22H23N5OS2/c1-14-15(2)30-21-19(14)20-24-25-22(29-13-18(28)26-10-6-7-11-26)27(20)17(23-21)12-16-8-4-3-5-9-16/h3-5,8-9H,6-7,10-13H2,1-2H3. The summed E-state index contributed by atoms with van der Waals surface area (Å²) in [5.41, 5.74) is 3.23. The molecular weight excluding hydrogens is 414 g/mol. The van der Waals surface area contributed by atoms with Crippen molar-refractivity contribution in [3.8, 4) is 0 Å². The van der Waals surface area contributed by atoms with Gasteiger partial charge in [0.1, 0.15) is 10.7 Å². The van der Waals surface area contributed by atoms with E-state index in [0.717, 1.165) is 52.8 Å². The first kappa shape index (κ1) is 19.5. The monoisotopic (exact) mass is 437 g/mol. The van der Waals surface area contributed by atoms with E-state index in [1.54, 1.807) is 11.3 Å². The summed E-state index contributed by atoms with van der Waals surface area (Å²) >= 11 is 3.16. The Morgan fingerprint density at radius 3 is 2.67 bits per heavy atom. The Kier molecular flexibility index (Phi) is 5.20. The predicted octanol–water partition coefficient (Wildman–Crippen LogP) is 4.26. The number of thiophene rings is 1. The van der Waals surface area contributed by atoms with Gasteiger partial charge >= 0.3 is 0 Å². The molecule has 4 heterocycles. The molecule has 0 N–H and O–H groups in total. The van der Waals surface area contributed by atoms with E-state index in [-0.39, 0.29) is 5.91 Å². The van der Waals surface area contributed by atoms with Crippen LogP contribution in [0.2, 0.25) is 0 Å². The van der Waals surface area contributed by atoms with E-state index in [1.165, 1.54) is 27.8 Å². The maximum atomic E-state index is 12.6. The number of benzene rings is 1. The van der Waals surface area contributed by atoms with Gasteiger partial charge in [-0.25, -0.2) is 4.98 Å². The van der Waals surface area contributed by atoms with E-state index < -0.39 is 0 Å². The normalized spacial score (nSPS) is 14.3. The van der Waals surface area contributed by atoms with Gasteiger partial charge in [-0.2, -0.15) is 0 Å². The van der Waals surface area contributed by atoms with Gasteiger partial charge in [-0.3, -0.25) is 9.20 Å². The van der Waals surface area contributed by atoms with Crippen molar-refractivity contribution in [1.29, 1.82) is 0 Å². The number of fused-ring (bicyclic) bond motifs is 3. The van der Waals surface area contributed by atoms with Crippen molar-refractivity contribution in [3.63, 3.8) is 0 Å². The Morgan fingerprint density at radius 1 is 1.13 bits per heavy atom. The SMILES string of the molecule is Cc1sc2nc(Cc3ccccc3)n3c(SCC(=O)N4CCCC4)nnc3c2c1C. The van der Waals surface area contributed by atoms with Crippen LogP contribution < -0.4 is 0 Å². The number of amides is 1. The van der Waals surface area contributed by atoms with E-state index in [0.29, 0.717) is 12.2 Å². The van der Waals surface area contributed by atoms with Crippen LogP contribution in [0, 0.1) is 13.8 Å². The zero-order valence-corrected chi connectivity index (χ0v) is 18.7. The summed E-state index contributed by atoms with van der Waals surface area (Å²) in [7, 11) is 0. The number of thioether (sulfide) groups is 1. The summed E-state index contributed by atoms with van der Waals surface area (Å²) in [6.45, 7) is 5.98. The molecule has 1 saturated heterocycles. The first-order valence-corrected chi connectivity index (χ1v) is 12.0. The smallest absolute Gasteiger partial charge is 0.233 e. The Morgan fingerprint density at radius 2 is 1.90 bits per heavy atom. The summed E-state index contributed by atoms with van der Waals surface area (Å²) in [6, 6.07) is 10.3. The number of nitrogens with zero attached hydrogens (tertiary/aromatic N) is 5. The second-order valence-corrected chi connectivity index (χ2v) is 9.82. The Bertz CT molecular complexity index is 1230. The lowest BCUT2D eigenvalue weighted by atomic mass is 10.1. The van der Waals surface area contributed by atoms with Crippen molar-refractivity contribution in [2.75, 3.05) is 18.8 Å². The zero-order valence-electron chi connectivity index (χ0n) is 17.1. The van der Waals surface area contributed by atoms with Gasteiger partial charge in [0.2, 0.25) is 5.91 Å². The fourth-order valence-corrected chi connectivity index (χ4v) is 5.85. The molecule has 1 aromatic carbocycles. The topological polar surface area (TPSA) is 63.4 Å². The lowest BCUT2D eigenvalue weighted by Gasteiger charge is -2.14. The van der Waals surface area contributed by atoms with Gasteiger partial charge in [-0.1, -0.05) is 42.1 Å². The highest BCUT2D eigenvalue weighted by atomic mass is 32.2. The average Bonchev–Trinajstić information content (AvgIpc) is 3.48. The number of aryl methyl sites for hydroxylation is 2. The summed E-state index contributed by atoms with van der Waals surface area (Å²) < 4.78 is 2.05. The van der Waals surface area contributed by atoms with E-state index in [2.05, 4.69) is 40.6 Å². The first-order valence-electron chi connectivity index (χ1n) is 10.2. The third-order valence-electron chi connectivity index (χ3n) is 5.70. The number of aromatic nitrogens is 4. The number of likely N-dealkylation sites (tertiary alicyclic amines) is 1. The highest BCUT2D eigenvalue weighted by Crippen LogP contribution is 2.34. The highest BCUT2D eigenvalue weighted by Gasteiger charge is 2.22. The zero-order chi connectivity index (χ0) is 20.7. The minimum Gasteiger partial charge on any atom is -0.342 e. The Labute approximate surface area is 183 Å². The number of rotatable bonds is 5. The van der Waals surface area contributed by atoms with E-state index in [9.17, 15) is 4.79 Å². The molecular formula is C22H23N5OS2. The average molecular weight is 438 g/mol. The minimum absolute atomic E-state index is 0.176. The first-order chi connectivity index (χ1) is 14.6. The van der Waals surface area contributed by atoms with Gasteiger partial charge < -0.3 is 4.90 Å². The molecule has 154 valence electrons. The van der Waals surface area contributed by atoms with Crippen molar-refractivity contribution in [3.05, 3.63) is 52.2 Å². The van der Waals surface area contributed by atoms with Gasteiger partial charge in [0.15, 0.2) is 10.8 Å². The molecule has 0 bridgehead atoms. The fraction of sp³-hybridized carbons (Fsp3) is 0.364. The van der Waals surface area contributed by atoms with Gasteiger partial charge in [-0.15, -0.1) is 21.5 Å². The molecule has 1 aliphatic heterocycles. The second kappa shape index (κ2) is 8.00. The molecule has 0 spiro atoms. The van der Waals surface area contributed by atoms with Crippen molar-refractivity contribution in [2.45, 2.75) is 38.3 Å². The van der Waals surface area contributed by atoms with Crippen LogP contribution in [0.5, 0.6) is 0 Å². The molecule has 4 aromatic rings. The minimum atomic E-state index is 0.176. The fourth-order valence-electron chi connectivity index (χ4n) is 3.96. The van der Waals surface area contributed by atoms with Crippen LogP contribution >= 0.6 is 23.1 Å². The molecule has 30 heavy (non-hydrogen) atoms. The van der Waals surface area contributed by atoms with E-state index in [1.807, 2.05) is 23.1 Å². The molecule has 3 aromatic heterocycles. The summed E-state index contributed by atoms with van der Waals surface area (Å²) in [4.78, 5) is 21.8. The van der Waals surface area contributed by atoms with Crippen molar-refractivity contribution >= 4 is 44.9 Å². The third-order valence-corrected chi connectivity index (χ3v) is 7.72. The van der Waals surface area contributed by atoms with Crippen LogP contribution in [0.4, 0.5) is 0 Å². The largest absolute Gasteiger partial charge is 0.342 e. The molecule has 8 heteroatoms. The summed E-state index contributed by atoms with van der Waals surface area (Å²) in [5.74, 6) is 1.46. The molecule has 0 saturated carbocycles. The van der Waals surface area contributed by atoms with E-state index >= 15 is 0 Å². The molecule has 1 fully saturated rings. The molecule has 1 amide bonds. The Balaban J connectivity index is 1.57.